The molecule has 0 saturated heterocycles. The van der Waals surface area contributed by atoms with Crippen molar-refractivity contribution in [2.45, 2.75) is 64.8 Å². The predicted molar refractivity (Wildman–Crippen MR) is 61.8 cm³/mol. The van der Waals surface area contributed by atoms with Crippen molar-refractivity contribution in [1.29, 1.82) is 0 Å². The highest BCUT2D eigenvalue weighted by Gasteiger charge is 2.25. The number of hydrogen-bond acceptors (Lipinski definition) is 2. The van der Waals surface area contributed by atoms with Crippen molar-refractivity contribution >= 4 is 0 Å². The Morgan fingerprint density at radius 1 is 1.21 bits per heavy atom. The lowest BCUT2D eigenvalue weighted by atomic mass is 9.76. The van der Waals surface area contributed by atoms with Gasteiger partial charge in [-0.3, -0.25) is 11.3 Å². The second kappa shape index (κ2) is 6.41. The molecule has 0 radical (unpaired) electrons. The van der Waals surface area contributed by atoms with E-state index in [-0.39, 0.29) is 0 Å². The fourth-order valence-corrected chi connectivity index (χ4v) is 2.87. The molecule has 0 aromatic carbocycles. The van der Waals surface area contributed by atoms with Crippen LogP contribution in [0, 0.1) is 11.8 Å². The molecule has 2 nitrogen and oxygen atoms in total. The van der Waals surface area contributed by atoms with Gasteiger partial charge in [0.05, 0.1) is 0 Å². The van der Waals surface area contributed by atoms with E-state index in [0.717, 1.165) is 11.8 Å². The van der Waals surface area contributed by atoms with E-state index < -0.39 is 0 Å². The Balaban J connectivity index is 2.27. The molecule has 0 spiro atoms. The highest BCUT2D eigenvalue weighted by molar-refractivity contribution is 4.79. The smallest absolute Gasteiger partial charge is 0.0236 e. The van der Waals surface area contributed by atoms with E-state index in [1.54, 1.807) is 0 Å². The van der Waals surface area contributed by atoms with Crippen LogP contribution in [0.5, 0.6) is 0 Å². The zero-order chi connectivity index (χ0) is 10.4. The van der Waals surface area contributed by atoms with Crippen LogP contribution in [0.25, 0.3) is 0 Å². The average molecular weight is 198 g/mol. The minimum absolute atomic E-state index is 0.553. The Bertz CT molecular complexity index is 135. The van der Waals surface area contributed by atoms with E-state index >= 15 is 0 Å². The van der Waals surface area contributed by atoms with Crippen LogP contribution < -0.4 is 11.3 Å². The zero-order valence-corrected chi connectivity index (χ0v) is 9.76. The third kappa shape index (κ3) is 3.25. The Hall–Kier alpha value is -0.0800. The van der Waals surface area contributed by atoms with E-state index in [2.05, 4.69) is 19.3 Å². The van der Waals surface area contributed by atoms with E-state index in [4.69, 9.17) is 5.84 Å². The largest absolute Gasteiger partial charge is 0.271 e. The summed E-state index contributed by atoms with van der Waals surface area (Å²) in [6.45, 7) is 4.52. The molecule has 1 atom stereocenters. The van der Waals surface area contributed by atoms with Gasteiger partial charge in [0.2, 0.25) is 0 Å². The van der Waals surface area contributed by atoms with Crippen molar-refractivity contribution in [1.82, 2.24) is 5.43 Å². The van der Waals surface area contributed by atoms with Gasteiger partial charge in [0.25, 0.3) is 0 Å². The van der Waals surface area contributed by atoms with Crippen LogP contribution in [0.4, 0.5) is 0 Å². The van der Waals surface area contributed by atoms with Crippen LogP contribution >= 0.6 is 0 Å². The van der Waals surface area contributed by atoms with E-state index in [1.807, 2.05) is 0 Å². The van der Waals surface area contributed by atoms with Gasteiger partial charge >= 0.3 is 0 Å². The van der Waals surface area contributed by atoms with Crippen LogP contribution in [0.2, 0.25) is 0 Å². The first-order valence-corrected chi connectivity index (χ1v) is 6.27. The summed E-state index contributed by atoms with van der Waals surface area (Å²) < 4.78 is 0. The van der Waals surface area contributed by atoms with Gasteiger partial charge in [-0.2, -0.15) is 0 Å². The Morgan fingerprint density at radius 3 is 2.29 bits per heavy atom. The van der Waals surface area contributed by atoms with Crippen molar-refractivity contribution < 1.29 is 0 Å². The molecule has 0 heterocycles. The number of rotatable bonds is 5. The lowest BCUT2D eigenvalue weighted by Crippen LogP contribution is -2.41. The number of nitrogens with two attached hydrogens (primary N) is 1. The fraction of sp³-hybridized carbons (Fsp3) is 1.00. The maximum atomic E-state index is 5.56. The number of nitrogens with one attached hydrogen (secondary N) is 1. The van der Waals surface area contributed by atoms with Gasteiger partial charge < -0.3 is 0 Å². The molecule has 2 heteroatoms. The predicted octanol–water partition coefficient (Wildman–Crippen LogP) is 2.83. The average Bonchev–Trinajstić information content (AvgIpc) is 2.23. The van der Waals surface area contributed by atoms with Crippen molar-refractivity contribution in [2.75, 3.05) is 0 Å². The number of hydrazine groups is 1. The molecule has 0 aromatic heterocycles. The van der Waals surface area contributed by atoms with E-state index in [1.165, 1.54) is 44.9 Å². The first-order chi connectivity index (χ1) is 6.81. The SMILES string of the molecule is CCCC1CCC(C(CC)NN)CC1. The van der Waals surface area contributed by atoms with E-state index in [0.29, 0.717) is 6.04 Å². The summed E-state index contributed by atoms with van der Waals surface area (Å²) in [6, 6.07) is 0.553. The van der Waals surface area contributed by atoms with Crippen LogP contribution in [-0.2, 0) is 0 Å². The summed E-state index contributed by atoms with van der Waals surface area (Å²) in [6.07, 6.45) is 9.56. The molecule has 1 rings (SSSR count). The molecule has 1 fully saturated rings. The van der Waals surface area contributed by atoms with Gasteiger partial charge in [0.15, 0.2) is 0 Å². The van der Waals surface area contributed by atoms with Crippen molar-refractivity contribution in [3.63, 3.8) is 0 Å². The van der Waals surface area contributed by atoms with Crippen LogP contribution in [-0.4, -0.2) is 6.04 Å². The van der Waals surface area contributed by atoms with Crippen LogP contribution in [0.15, 0.2) is 0 Å². The van der Waals surface area contributed by atoms with Gasteiger partial charge in [-0.15, -0.1) is 0 Å². The molecule has 1 unspecified atom stereocenters. The fourth-order valence-electron chi connectivity index (χ4n) is 2.87. The normalized spacial score (nSPS) is 30.2. The molecule has 1 aliphatic rings. The topological polar surface area (TPSA) is 38.0 Å². The Kier molecular flexibility index (Phi) is 5.49. The van der Waals surface area contributed by atoms with Crippen molar-refractivity contribution in [3.05, 3.63) is 0 Å². The quantitative estimate of drug-likeness (QED) is 0.526. The molecule has 0 amide bonds. The van der Waals surface area contributed by atoms with Crippen molar-refractivity contribution in [2.24, 2.45) is 17.7 Å². The van der Waals surface area contributed by atoms with Crippen LogP contribution in [0.3, 0.4) is 0 Å². The molecule has 3 N–H and O–H groups in total. The summed E-state index contributed by atoms with van der Waals surface area (Å²) >= 11 is 0. The Morgan fingerprint density at radius 2 is 1.86 bits per heavy atom. The second-order valence-electron chi connectivity index (χ2n) is 4.75. The summed E-state index contributed by atoms with van der Waals surface area (Å²) in [5.41, 5.74) is 2.97. The maximum Gasteiger partial charge on any atom is 0.0236 e. The molecule has 0 bridgehead atoms. The monoisotopic (exact) mass is 198 g/mol. The Labute approximate surface area is 88.6 Å². The molecule has 1 aliphatic carbocycles. The van der Waals surface area contributed by atoms with Crippen LogP contribution in [0.1, 0.15) is 58.8 Å². The third-order valence-corrected chi connectivity index (χ3v) is 3.81. The summed E-state index contributed by atoms with van der Waals surface area (Å²) in [7, 11) is 0. The highest BCUT2D eigenvalue weighted by atomic mass is 15.2. The summed E-state index contributed by atoms with van der Waals surface area (Å²) in [5.74, 6) is 7.40. The van der Waals surface area contributed by atoms with Gasteiger partial charge in [0.1, 0.15) is 0 Å². The molecule has 1 saturated carbocycles. The first kappa shape index (κ1) is 12.0. The first-order valence-electron chi connectivity index (χ1n) is 6.27. The van der Waals surface area contributed by atoms with Gasteiger partial charge in [-0.25, -0.2) is 0 Å². The molecular formula is C12H26N2. The maximum absolute atomic E-state index is 5.56. The van der Waals surface area contributed by atoms with Gasteiger partial charge in [0, 0.05) is 6.04 Å². The third-order valence-electron chi connectivity index (χ3n) is 3.81. The van der Waals surface area contributed by atoms with E-state index in [9.17, 15) is 0 Å². The second-order valence-corrected chi connectivity index (χ2v) is 4.75. The summed E-state index contributed by atoms with van der Waals surface area (Å²) in [4.78, 5) is 0. The lowest BCUT2D eigenvalue weighted by molar-refractivity contribution is 0.211. The standard InChI is InChI=1S/C12H26N2/c1-3-5-10-6-8-11(9-7-10)12(4-2)14-13/h10-12,14H,3-9,13H2,1-2H3. The molecule has 0 aliphatic heterocycles. The highest BCUT2D eigenvalue weighted by Crippen LogP contribution is 2.33. The zero-order valence-electron chi connectivity index (χ0n) is 9.76. The molecule has 0 aromatic rings. The van der Waals surface area contributed by atoms with Crippen molar-refractivity contribution in [3.8, 4) is 0 Å². The lowest BCUT2D eigenvalue weighted by Gasteiger charge is -2.33. The minimum Gasteiger partial charge on any atom is -0.271 e. The van der Waals surface area contributed by atoms with Gasteiger partial charge in [-0.05, 0) is 31.1 Å². The number of hydrogen-bond donors (Lipinski definition) is 2. The van der Waals surface area contributed by atoms with Gasteiger partial charge in [-0.1, -0.05) is 39.5 Å². The molecular weight excluding hydrogens is 172 g/mol. The minimum atomic E-state index is 0.553. The molecule has 14 heavy (non-hydrogen) atoms. The summed E-state index contributed by atoms with van der Waals surface area (Å²) in [5, 5.41) is 0. The molecule has 84 valence electrons.